The number of carboxylic acid groups (broad SMARTS) is 2. The Balaban J connectivity index is 1.36. The largest absolute Gasteiger partial charge is 0.491 e. The van der Waals surface area contributed by atoms with Crippen LogP contribution in [0.3, 0.4) is 0 Å². The molecule has 0 spiro atoms. The second-order valence-electron chi connectivity index (χ2n) is 8.56. The summed E-state index contributed by atoms with van der Waals surface area (Å²) in [5.74, 6) is -1.64. The third kappa shape index (κ3) is 6.73. The second-order valence-corrected chi connectivity index (χ2v) is 10.7. The molecular formula is C27H25NO8S2. The maximum absolute atomic E-state index is 12.3. The predicted octanol–water partition coefficient (Wildman–Crippen LogP) is 5.63. The number of carbonyl (C=O) groups is 4. The number of benzene rings is 1. The van der Waals surface area contributed by atoms with Crippen LogP contribution in [0.4, 0.5) is 0 Å². The molecule has 4 rings (SSSR count). The molecule has 1 aromatic carbocycles. The Kier molecular flexibility index (Phi) is 8.70. The Hall–Kier alpha value is -3.83. The van der Waals surface area contributed by atoms with Crippen LogP contribution in [0.5, 0.6) is 11.6 Å². The number of Topliss-reactive ketones (excluding diaryl/α,β-unsaturated/α-hetero) is 2. The number of ether oxygens (including phenoxy) is 2. The van der Waals surface area contributed by atoms with E-state index in [-0.39, 0.29) is 37.2 Å². The number of carbonyl (C=O) groups excluding carboxylic acids is 2. The molecule has 0 aliphatic rings. The van der Waals surface area contributed by atoms with E-state index >= 15 is 0 Å². The van der Waals surface area contributed by atoms with E-state index in [0.717, 1.165) is 26.8 Å². The van der Waals surface area contributed by atoms with Gasteiger partial charge in [-0.3, -0.25) is 19.2 Å². The Morgan fingerprint density at radius 2 is 1.50 bits per heavy atom. The Bertz CT molecular complexity index is 1520. The van der Waals surface area contributed by atoms with Gasteiger partial charge in [0.1, 0.15) is 0 Å². The first-order valence-electron chi connectivity index (χ1n) is 11.9. The van der Waals surface area contributed by atoms with Crippen LogP contribution in [0.15, 0.2) is 36.4 Å². The van der Waals surface area contributed by atoms with E-state index in [4.69, 9.17) is 19.7 Å². The van der Waals surface area contributed by atoms with Gasteiger partial charge in [-0.15, -0.1) is 22.7 Å². The number of hydrogen-bond donors (Lipinski definition) is 2. The summed E-state index contributed by atoms with van der Waals surface area (Å²) >= 11 is 2.61. The molecule has 3 heterocycles. The van der Waals surface area contributed by atoms with Crippen molar-refractivity contribution in [3.8, 4) is 11.6 Å². The maximum atomic E-state index is 12.3. The van der Waals surface area contributed by atoms with E-state index in [9.17, 15) is 19.2 Å². The zero-order valence-electron chi connectivity index (χ0n) is 20.5. The molecule has 3 aromatic heterocycles. The molecule has 2 N–H and O–H groups in total. The van der Waals surface area contributed by atoms with Gasteiger partial charge in [0.05, 0.1) is 46.5 Å². The van der Waals surface area contributed by atoms with E-state index < -0.39 is 11.9 Å². The van der Waals surface area contributed by atoms with Gasteiger partial charge in [-0.1, -0.05) is 12.1 Å². The number of aromatic nitrogens is 1. The average molecular weight is 556 g/mol. The van der Waals surface area contributed by atoms with Gasteiger partial charge in [0, 0.05) is 23.6 Å². The zero-order valence-corrected chi connectivity index (χ0v) is 22.2. The summed E-state index contributed by atoms with van der Waals surface area (Å²) in [6, 6.07) is 11.2. The quantitative estimate of drug-likeness (QED) is 0.150. The highest BCUT2D eigenvalue weighted by Crippen LogP contribution is 2.34. The van der Waals surface area contributed by atoms with Crippen LogP contribution in [0.25, 0.3) is 20.3 Å². The minimum atomic E-state index is -1.02. The number of nitrogens with zero attached hydrogens (tertiary/aromatic N) is 1. The van der Waals surface area contributed by atoms with Crippen molar-refractivity contribution in [2.24, 2.45) is 0 Å². The minimum Gasteiger partial charge on any atom is -0.491 e. The normalized spacial score (nSPS) is 11.1. The summed E-state index contributed by atoms with van der Waals surface area (Å²) < 4.78 is 13.0. The summed E-state index contributed by atoms with van der Waals surface area (Å²) in [5, 5.41) is 18.6. The topological polar surface area (TPSA) is 140 Å². The number of hydrogen-bond acceptors (Lipinski definition) is 9. The van der Waals surface area contributed by atoms with Crippen molar-refractivity contribution in [1.29, 1.82) is 0 Å². The van der Waals surface area contributed by atoms with Gasteiger partial charge in [-0.25, -0.2) is 4.98 Å². The smallest absolute Gasteiger partial charge is 0.303 e. The van der Waals surface area contributed by atoms with E-state index in [0.29, 0.717) is 39.9 Å². The molecule has 11 heteroatoms. The average Bonchev–Trinajstić information content (AvgIpc) is 3.51. The third-order valence-corrected chi connectivity index (χ3v) is 8.04. The number of methoxy groups -OCH3 is 1. The van der Waals surface area contributed by atoms with Crippen LogP contribution in [0.2, 0.25) is 0 Å². The fourth-order valence-electron chi connectivity index (χ4n) is 3.84. The molecular weight excluding hydrogens is 530 g/mol. The molecule has 198 valence electrons. The molecule has 0 bridgehead atoms. The molecule has 9 nitrogen and oxygen atoms in total. The number of ketones is 2. The van der Waals surface area contributed by atoms with Gasteiger partial charge in [0.15, 0.2) is 17.3 Å². The number of thiophene rings is 2. The molecule has 4 aromatic rings. The molecule has 0 saturated heterocycles. The highest BCUT2D eigenvalue weighted by molar-refractivity contribution is 7.21. The second kappa shape index (κ2) is 12.1. The fraction of sp³-hybridized carbons (Fsp3) is 0.296. The van der Waals surface area contributed by atoms with E-state index in [1.165, 1.54) is 29.8 Å². The first kappa shape index (κ1) is 27.2. The molecule has 0 fully saturated rings. The lowest BCUT2D eigenvalue weighted by molar-refractivity contribution is -0.137. The van der Waals surface area contributed by atoms with Crippen molar-refractivity contribution < 1.29 is 38.9 Å². The van der Waals surface area contributed by atoms with Crippen molar-refractivity contribution in [3.05, 3.63) is 51.7 Å². The Labute approximate surface area is 225 Å². The van der Waals surface area contributed by atoms with Crippen LogP contribution in [-0.2, 0) is 16.0 Å². The van der Waals surface area contributed by atoms with Gasteiger partial charge in [0.2, 0.25) is 0 Å². The van der Waals surface area contributed by atoms with Crippen molar-refractivity contribution in [2.75, 3.05) is 13.7 Å². The lowest BCUT2D eigenvalue weighted by Gasteiger charge is -2.10. The highest BCUT2D eigenvalue weighted by atomic mass is 32.1. The van der Waals surface area contributed by atoms with Crippen LogP contribution >= 0.6 is 22.7 Å². The summed E-state index contributed by atoms with van der Waals surface area (Å²) in [5.41, 5.74) is 1.67. The lowest BCUT2D eigenvalue weighted by atomic mass is 10.1. The van der Waals surface area contributed by atoms with Crippen LogP contribution in [0.1, 0.15) is 57.0 Å². The van der Waals surface area contributed by atoms with Crippen molar-refractivity contribution >= 4 is 66.5 Å². The number of pyridine rings is 1. The SMILES string of the molecule is COc1cc2sc(C(=O)CCC(=O)O)cc2nc1OCCCc1ccc2sc(C(=O)CCC(=O)O)cc2c1. The summed E-state index contributed by atoms with van der Waals surface area (Å²) in [4.78, 5) is 51.5. The number of aliphatic carboxylic acids is 2. The van der Waals surface area contributed by atoms with Gasteiger partial charge in [-0.05, 0) is 42.0 Å². The molecule has 0 unspecified atom stereocenters. The summed E-state index contributed by atoms with van der Waals surface area (Å²) in [7, 11) is 1.51. The van der Waals surface area contributed by atoms with Gasteiger partial charge in [0.25, 0.3) is 5.88 Å². The molecule has 0 aliphatic carbocycles. The van der Waals surface area contributed by atoms with Crippen molar-refractivity contribution in [1.82, 2.24) is 4.98 Å². The third-order valence-electron chi connectivity index (χ3n) is 5.77. The highest BCUT2D eigenvalue weighted by Gasteiger charge is 2.17. The minimum absolute atomic E-state index is 0.0106. The monoisotopic (exact) mass is 555 g/mol. The standard InChI is InChI=1S/C27H25NO8S2/c1-35-20-14-22-17(13-24(38-22)19(30)6-9-26(33)34)28-27(20)36-10-2-3-15-4-7-21-16(11-15)12-23(37-21)18(29)5-8-25(31)32/h4,7,11-14H,2-3,5-6,8-10H2,1H3,(H,31,32)(H,33,34). The fourth-order valence-corrected chi connectivity index (χ4v) is 5.85. The Morgan fingerprint density at radius 3 is 2.16 bits per heavy atom. The van der Waals surface area contributed by atoms with E-state index in [1.54, 1.807) is 12.1 Å². The van der Waals surface area contributed by atoms with E-state index in [2.05, 4.69) is 4.98 Å². The number of aryl methyl sites for hydroxylation is 1. The zero-order chi connectivity index (χ0) is 27.2. The maximum Gasteiger partial charge on any atom is 0.303 e. The first-order chi connectivity index (χ1) is 18.2. The first-order valence-corrected chi connectivity index (χ1v) is 13.5. The van der Waals surface area contributed by atoms with Gasteiger partial charge >= 0.3 is 11.9 Å². The van der Waals surface area contributed by atoms with Crippen LogP contribution in [-0.4, -0.2) is 52.4 Å². The molecule has 38 heavy (non-hydrogen) atoms. The van der Waals surface area contributed by atoms with Gasteiger partial charge < -0.3 is 19.7 Å². The van der Waals surface area contributed by atoms with Crippen molar-refractivity contribution in [2.45, 2.75) is 38.5 Å². The Morgan fingerprint density at radius 1 is 0.842 bits per heavy atom. The van der Waals surface area contributed by atoms with Crippen LogP contribution < -0.4 is 9.47 Å². The summed E-state index contributed by atoms with van der Waals surface area (Å²) in [6.45, 7) is 0.379. The number of rotatable bonds is 14. The number of fused-ring (bicyclic) bond motifs is 2. The van der Waals surface area contributed by atoms with Crippen molar-refractivity contribution in [3.63, 3.8) is 0 Å². The number of carboxylic acids is 2. The molecule has 0 radical (unpaired) electrons. The van der Waals surface area contributed by atoms with Crippen LogP contribution in [0, 0.1) is 0 Å². The predicted molar refractivity (Wildman–Crippen MR) is 144 cm³/mol. The molecule has 0 aliphatic heterocycles. The molecule has 0 saturated carbocycles. The molecule has 0 atom stereocenters. The lowest BCUT2D eigenvalue weighted by Crippen LogP contribution is -2.03. The van der Waals surface area contributed by atoms with E-state index in [1.807, 2.05) is 24.3 Å². The molecule has 0 amide bonds. The summed E-state index contributed by atoms with van der Waals surface area (Å²) in [6.07, 6.45) is 0.962. The van der Waals surface area contributed by atoms with Gasteiger partial charge in [-0.2, -0.15) is 0 Å².